The van der Waals surface area contributed by atoms with E-state index in [2.05, 4.69) is 0 Å². The molecule has 1 amide bonds. The molecule has 0 spiro atoms. The van der Waals surface area contributed by atoms with Gasteiger partial charge in [0.1, 0.15) is 0 Å². The number of esters is 2. The molecular formula is C25H26N2O7. The molecule has 1 aliphatic heterocycles. The van der Waals surface area contributed by atoms with Gasteiger partial charge in [0.05, 0.1) is 24.1 Å². The Morgan fingerprint density at radius 2 is 1.74 bits per heavy atom. The average molecular weight is 466 g/mol. The van der Waals surface area contributed by atoms with Crippen molar-refractivity contribution in [3.8, 4) is 0 Å². The molecule has 9 heteroatoms. The molecule has 2 atom stereocenters. The van der Waals surface area contributed by atoms with E-state index in [0.29, 0.717) is 25.1 Å². The van der Waals surface area contributed by atoms with Crippen molar-refractivity contribution in [2.75, 3.05) is 19.8 Å². The van der Waals surface area contributed by atoms with E-state index in [-0.39, 0.29) is 36.3 Å². The van der Waals surface area contributed by atoms with Crippen molar-refractivity contribution in [3.63, 3.8) is 0 Å². The summed E-state index contributed by atoms with van der Waals surface area (Å²) in [5.74, 6) is -3.64. The summed E-state index contributed by atoms with van der Waals surface area (Å²) < 4.78 is 10.7. The number of rotatable bonds is 7. The minimum atomic E-state index is -2.11. The second kappa shape index (κ2) is 9.24. The lowest BCUT2D eigenvalue weighted by atomic mass is 9.59. The van der Waals surface area contributed by atoms with Gasteiger partial charge in [0.2, 0.25) is 11.3 Å². The summed E-state index contributed by atoms with van der Waals surface area (Å²) in [7, 11) is 0. The van der Waals surface area contributed by atoms with Crippen molar-refractivity contribution in [1.82, 2.24) is 4.90 Å². The van der Waals surface area contributed by atoms with Crippen LogP contribution in [0.3, 0.4) is 0 Å². The van der Waals surface area contributed by atoms with Crippen molar-refractivity contribution in [3.05, 3.63) is 75.3 Å². The normalized spacial score (nSPS) is 20.3. The van der Waals surface area contributed by atoms with Crippen LogP contribution in [0.25, 0.3) is 0 Å². The van der Waals surface area contributed by atoms with Gasteiger partial charge in [-0.15, -0.1) is 0 Å². The van der Waals surface area contributed by atoms with E-state index >= 15 is 0 Å². The van der Waals surface area contributed by atoms with Gasteiger partial charge in [-0.2, -0.15) is 0 Å². The molecule has 2 aromatic rings. The maximum absolute atomic E-state index is 13.8. The summed E-state index contributed by atoms with van der Waals surface area (Å²) in [5.41, 5.74) is -0.752. The van der Waals surface area contributed by atoms with Crippen molar-refractivity contribution in [1.29, 1.82) is 0 Å². The molecule has 178 valence electrons. The second-order valence-corrected chi connectivity index (χ2v) is 8.49. The molecule has 1 heterocycles. The van der Waals surface area contributed by atoms with Crippen LogP contribution in [-0.2, 0) is 42.2 Å². The van der Waals surface area contributed by atoms with Gasteiger partial charge in [0.25, 0.3) is 5.69 Å². The van der Waals surface area contributed by atoms with Gasteiger partial charge >= 0.3 is 11.9 Å². The lowest BCUT2D eigenvalue weighted by Crippen LogP contribution is -2.58. The highest BCUT2D eigenvalue weighted by molar-refractivity contribution is 6.12. The van der Waals surface area contributed by atoms with Gasteiger partial charge in [-0.3, -0.25) is 24.5 Å². The van der Waals surface area contributed by atoms with Gasteiger partial charge in [0.15, 0.2) is 0 Å². The minimum absolute atomic E-state index is 0.0243. The molecule has 2 aromatic carbocycles. The molecule has 0 saturated carbocycles. The molecule has 0 N–H and O–H groups in total. The number of nitrogens with zero attached hydrogens (tertiary/aromatic N) is 2. The summed E-state index contributed by atoms with van der Waals surface area (Å²) in [5, 5.41) is 11.5. The number of hydrogen-bond donors (Lipinski definition) is 0. The lowest BCUT2D eigenvalue weighted by molar-refractivity contribution is -0.385. The van der Waals surface area contributed by atoms with Gasteiger partial charge in [-0.1, -0.05) is 36.4 Å². The Bertz CT molecular complexity index is 1110. The van der Waals surface area contributed by atoms with Crippen molar-refractivity contribution >= 4 is 23.5 Å². The Morgan fingerprint density at radius 1 is 1.09 bits per heavy atom. The third-order valence-corrected chi connectivity index (χ3v) is 6.59. The summed E-state index contributed by atoms with van der Waals surface area (Å²) >= 11 is 0. The Balaban J connectivity index is 1.89. The van der Waals surface area contributed by atoms with Crippen LogP contribution in [-0.4, -0.2) is 47.4 Å². The zero-order chi connectivity index (χ0) is 24.5. The Kier molecular flexibility index (Phi) is 6.37. The first-order chi connectivity index (χ1) is 16.3. The molecule has 0 radical (unpaired) electrons. The van der Waals surface area contributed by atoms with Crippen LogP contribution in [0.5, 0.6) is 0 Å². The zero-order valence-electron chi connectivity index (χ0n) is 19.1. The Hall–Kier alpha value is -3.75. The highest BCUT2D eigenvalue weighted by atomic mass is 16.6. The van der Waals surface area contributed by atoms with E-state index in [1.807, 2.05) is 30.3 Å². The smallest absolute Gasteiger partial charge is 0.328 e. The summed E-state index contributed by atoms with van der Waals surface area (Å²) in [6, 6.07) is 13.5. The van der Waals surface area contributed by atoms with Crippen LogP contribution in [0.4, 0.5) is 5.69 Å². The molecule has 1 aliphatic carbocycles. The van der Waals surface area contributed by atoms with E-state index < -0.39 is 28.2 Å². The van der Waals surface area contributed by atoms with Gasteiger partial charge < -0.3 is 14.4 Å². The van der Waals surface area contributed by atoms with E-state index in [1.54, 1.807) is 24.8 Å². The first kappa shape index (κ1) is 23.4. The van der Waals surface area contributed by atoms with Crippen LogP contribution >= 0.6 is 0 Å². The number of ether oxygens (including phenoxy) is 2. The number of carbonyl (C=O) groups is 3. The average Bonchev–Trinajstić information content (AvgIpc) is 3.13. The monoisotopic (exact) mass is 466 g/mol. The zero-order valence-corrected chi connectivity index (χ0v) is 19.1. The van der Waals surface area contributed by atoms with E-state index in [1.165, 1.54) is 12.1 Å². The number of amides is 1. The van der Waals surface area contributed by atoms with E-state index in [0.717, 1.165) is 5.56 Å². The van der Waals surface area contributed by atoms with Crippen LogP contribution < -0.4 is 0 Å². The predicted octanol–water partition coefficient (Wildman–Crippen LogP) is 2.79. The van der Waals surface area contributed by atoms with Crippen molar-refractivity contribution < 1.29 is 28.8 Å². The molecule has 9 nitrogen and oxygen atoms in total. The molecule has 0 unspecified atom stereocenters. The topological polar surface area (TPSA) is 116 Å². The molecule has 1 fully saturated rings. The number of nitro benzene ring substituents is 1. The third-order valence-electron chi connectivity index (χ3n) is 6.59. The third kappa shape index (κ3) is 3.70. The van der Waals surface area contributed by atoms with Crippen LogP contribution in [0.15, 0.2) is 48.5 Å². The molecule has 2 aliphatic rings. The fourth-order valence-corrected chi connectivity index (χ4v) is 5.26. The largest absolute Gasteiger partial charge is 0.465 e. The second-order valence-electron chi connectivity index (χ2n) is 8.49. The standard InChI is InChI=1S/C25H26N2O7/c1-3-33-23(29)25(24(30)34-4-2)20-13-19(27(31)32)11-10-17(20)12-18-15-26(22(28)21(18)25)14-16-8-6-5-7-9-16/h5-11,13,18,21H,3-4,12,14-15H2,1-2H3/t18-,21+/m1/s1. The lowest BCUT2D eigenvalue weighted by Gasteiger charge is -2.40. The number of non-ortho nitro benzene ring substituents is 1. The summed E-state index contributed by atoms with van der Waals surface area (Å²) in [4.78, 5) is 53.5. The highest BCUT2D eigenvalue weighted by Gasteiger charge is 2.67. The number of likely N-dealkylation sites (tertiary alicyclic amines) is 1. The van der Waals surface area contributed by atoms with Gasteiger partial charge in [-0.25, -0.2) is 0 Å². The SMILES string of the molecule is CCOC(=O)C1(C(=O)OCC)c2cc([N+](=O)[O-])ccc2C[C@@H]2CN(Cc3ccccc3)C(=O)[C@H]21. The van der Waals surface area contributed by atoms with E-state index in [9.17, 15) is 24.5 Å². The van der Waals surface area contributed by atoms with Gasteiger partial charge in [-0.05, 0) is 42.9 Å². The fourth-order valence-electron chi connectivity index (χ4n) is 5.26. The maximum Gasteiger partial charge on any atom is 0.328 e. The quantitative estimate of drug-likeness (QED) is 0.267. The van der Waals surface area contributed by atoms with Crippen molar-refractivity contribution in [2.45, 2.75) is 32.2 Å². The van der Waals surface area contributed by atoms with Crippen LogP contribution in [0.2, 0.25) is 0 Å². The minimum Gasteiger partial charge on any atom is -0.465 e. The van der Waals surface area contributed by atoms with Gasteiger partial charge in [0, 0.05) is 25.2 Å². The number of nitro groups is 1. The number of carbonyl (C=O) groups excluding carboxylic acids is 3. The number of hydrogen-bond acceptors (Lipinski definition) is 7. The molecule has 4 rings (SSSR count). The first-order valence-electron chi connectivity index (χ1n) is 11.3. The molecule has 1 saturated heterocycles. The van der Waals surface area contributed by atoms with Crippen LogP contribution in [0, 0.1) is 22.0 Å². The number of benzene rings is 2. The molecule has 0 aromatic heterocycles. The first-order valence-corrected chi connectivity index (χ1v) is 11.3. The highest BCUT2D eigenvalue weighted by Crippen LogP contribution is 2.51. The maximum atomic E-state index is 13.8. The Morgan fingerprint density at radius 3 is 2.32 bits per heavy atom. The fraction of sp³-hybridized carbons (Fsp3) is 0.400. The van der Waals surface area contributed by atoms with E-state index in [4.69, 9.17) is 9.47 Å². The predicted molar refractivity (Wildman–Crippen MR) is 121 cm³/mol. The Labute approximate surface area is 196 Å². The molecular weight excluding hydrogens is 440 g/mol. The van der Waals surface area contributed by atoms with Crippen molar-refractivity contribution in [2.24, 2.45) is 11.8 Å². The number of fused-ring (bicyclic) bond motifs is 2. The van der Waals surface area contributed by atoms with Crippen LogP contribution in [0.1, 0.15) is 30.5 Å². The molecule has 0 bridgehead atoms. The molecule has 34 heavy (non-hydrogen) atoms. The summed E-state index contributed by atoms with van der Waals surface area (Å²) in [6.45, 7) is 3.82. The summed E-state index contributed by atoms with van der Waals surface area (Å²) in [6.07, 6.45) is 0.398.